The van der Waals surface area contributed by atoms with Crippen molar-refractivity contribution in [3.05, 3.63) is 77.9 Å². The molecule has 0 bridgehead atoms. The molecule has 5 N–H and O–H groups in total. The number of carbonyl (C=O) groups is 2. The number of phenols is 1. The van der Waals surface area contributed by atoms with E-state index in [1.165, 1.54) is 36.7 Å². The highest BCUT2D eigenvalue weighted by molar-refractivity contribution is 7.22. The molecule has 2 aliphatic heterocycles. The Morgan fingerprint density at radius 2 is 1.57 bits per heavy atom. The lowest BCUT2D eigenvalue weighted by Crippen LogP contribution is -2.61. The summed E-state index contributed by atoms with van der Waals surface area (Å²) < 4.78 is 17.5. The lowest BCUT2D eigenvalue weighted by molar-refractivity contribution is -0.271. The molecule has 0 saturated carbocycles. The van der Waals surface area contributed by atoms with Gasteiger partial charge < -0.3 is 39.7 Å². The Hall–Kier alpha value is -4.04. The molecule has 2 saturated heterocycles. The van der Waals surface area contributed by atoms with Crippen molar-refractivity contribution in [1.29, 1.82) is 0 Å². The number of nitrogens with zero attached hydrogens (tertiary/aromatic N) is 1. The quantitative estimate of drug-likeness (QED) is 0.159. The number of hydrogen-bond acceptors (Lipinski definition) is 11. The van der Waals surface area contributed by atoms with Crippen molar-refractivity contribution < 1.29 is 49.3 Å². The maximum atomic E-state index is 14.0. The number of likely N-dealkylation sites (tertiary alicyclic amines) is 1. The number of carbonyl (C=O) groups excluding carboxylic acids is 1. The van der Waals surface area contributed by atoms with E-state index < -0.39 is 36.7 Å². The molecule has 3 aromatic carbocycles. The summed E-state index contributed by atoms with van der Waals surface area (Å²) in [6, 6.07) is 18.5. The Balaban J connectivity index is 1.21. The van der Waals surface area contributed by atoms with Crippen LogP contribution in [0.4, 0.5) is 0 Å². The van der Waals surface area contributed by atoms with Gasteiger partial charge in [0.25, 0.3) is 0 Å². The molecule has 0 radical (unpaired) electrons. The summed E-state index contributed by atoms with van der Waals surface area (Å²) in [5, 5.41) is 50.4. The molecule has 0 spiro atoms. The van der Waals surface area contributed by atoms with E-state index in [0.29, 0.717) is 39.3 Å². The normalized spacial score (nSPS) is 23.7. The van der Waals surface area contributed by atoms with Crippen LogP contribution < -0.4 is 9.47 Å². The van der Waals surface area contributed by atoms with Gasteiger partial charge in [-0.25, -0.2) is 4.79 Å². The molecule has 46 heavy (non-hydrogen) atoms. The largest absolute Gasteiger partial charge is 0.508 e. The van der Waals surface area contributed by atoms with Crippen LogP contribution in [-0.2, 0) is 9.53 Å². The van der Waals surface area contributed by atoms with E-state index in [1.54, 1.807) is 60.7 Å². The molecule has 12 heteroatoms. The number of carboxylic acids is 1. The Morgan fingerprint density at radius 3 is 2.26 bits per heavy atom. The average molecular weight is 650 g/mol. The summed E-state index contributed by atoms with van der Waals surface area (Å²) >= 11 is 1.35. The molecule has 6 rings (SSSR count). The number of benzene rings is 3. The first-order chi connectivity index (χ1) is 22.2. The second-order valence-corrected chi connectivity index (χ2v) is 12.5. The number of thiophene rings is 1. The zero-order valence-corrected chi connectivity index (χ0v) is 25.6. The average Bonchev–Trinajstić information content (AvgIpc) is 3.44. The highest BCUT2D eigenvalue weighted by Crippen LogP contribution is 2.42. The van der Waals surface area contributed by atoms with Gasteiger partial charge in [0.1, 0.15) is 42.2 Å². The number of aliphatic hydroxyl groups is 3. The van der Waals surface area contributed by atoms with E-state index >= 15 is 0 Å². The first-order valence-electron chi connectivity index (χ1n) is 15.1. The molecule has 3 heterocycles. The lowest BCUT2D eigenvalue weighted by atomic mass is 9.97. The molecule has 0 aliphatic carbocycles. The minimum absolute atomic E-state index is 0.0760. The fourth-order valence-electron chi connectivity index (χ4n) is 5.80. The van der Waals surface area contributed by atoms with Gasteiger partial charge in [0.15, 0.2) is 11.9 Å². The Kier molecular flexibility index (Phi) is 9.54. The van der Waals surface area contributed by atoms with Crippen LogP contribution in [0.3, 0.4) is 0 Å². The molecule has 2 aliphatic rings. The van der Waals surface area contributed by atoms with Crippen molar-refractivity contribution in [3.8, 4) is 27.7 Å². The Morgan fingerprint density at radius 1 is 0.870 bits per heavy atom. The van der Waals surface area contributed by atoms with Gasteiger partial charge in [0.2, 0.25) is 6.29 Å². The van der Waals surface area contributed by atoms with Crippen LogP contribution in [0.5, 0.6) is 17.2 Å². The highest BCUT2D eigenvalue weighted by Gasteiger charge is 2.48. The summed E-state index contributed by atoms with van der Waals surface area (Å²) in [6.07, 6.45) is -4.93. The summed E-state index contributed by atoms with van der Waals surface area (Å²) in [7, 11) is 0. The molecule has 0 unspecified atom stereocenters. The third kappa shape index (κ3) is 6.73. The summed E-state index contributed by atoms with van der Waals surface area (Å²) in [6.45, 7) is 3.64. The maximum absolute atomic E-state index is 14.0. The van der Waals surface area contributed by atoms with E-state index in [-0.39, 0.29) is 17.3 Å². The van der Waals surface area contributed by atoms with Crippen molar-refractivity contribution in [2.24, 2.45) is 0 Å². The number of aliphatic hydroxyl groups excluding tert-OH is 3. The van der Waals surface area contributed by atoms with E-state index in [4.69, 9.17) is 14.2 Å². The van der Waals surface area contributed by atoms with Gasteiger partial charge in [-0.05, 0) is 98.2 Å². The maximum Gasteiger partial charge on any atom is 0.335 e. The molecule has 242 valence electrons. The van der Waals surface area contributed by atoms with Gasteiger partial charge in [-0.2, -0.15) is 0 Å². The van der Waals surface area contributed by atoms with Crippen LogP contribution in [0.25, 0.3) is 20.5 Å². The number of ketones is 1. The van der Waals surface area contributed by atoms with Crippen molar-refractivity contribution >= 4 is 33.2 Å². The van der Waals surface area contributed by atoms with Crippen LogP contribution in [0.2, 0.25) is 0 Å². The third-order valence-electron chi connectivity index (χ3n) is 8.32. The molecular formula is C34H35NO10S. The number of ether oxygens (including phenoxy) is 3. The van der Waals surface area contributed by atoms with Gasteiger partial charge in [-0.15, -0.1) is 11.3 Å². The van der Waals surface area contributed by atoms with Gasteiger partial charge in [0, 0.05) is 32.6 Å². The summed E-state index contributed by atoms with van der Waals surface area (Å²) in [5.41, 5.74) is 1.63. The van der Waals surface area contributed by atoms with Gasteiger partial charge in [-0.3, -0.25) is 9.69 Å². The predicted molar refractivity (Wildman–Crippen MR) is 170 cm³/mol. The molecule has 0 amide bonds. The zero-order valence-electron chi connectivity index (χ0n) is 24.8. The number of phenolic OH excluding ortho intramolecular Hbond substituents is 1. The van der Waals surface area contributed by atoms with E-state index in [1.807, 2.05) is 0 Å². The lowest BCUT2D eigenvalue weighted by Gasteiger charge is -2.38. The van der Waals surface area contributed by atoms with Gasteiger partial charge in [-0.1, -0.05) is 6.42 Å². The van der Waals surface area contributed by atoms with Crippen LogP contribution in [0.15, 0.2) is 66.7 Å². The van der Waals surface area contributed by atoms with Crippen LogP contribution >= 0.6 is 11.3 Å². The van der Waals surface area contributed by atoms with Crippen molar-refractivity contribution in [1.82, 2.24) is 4.90 Å². The first kappa shape index (κ1) is 31.9. The van der Waals surface area contributed by atoms with Crippen molar-refractivity contribution in [2.75, 3.05) is 26.2 Å². The van der Waals surface area contributed by atoms with Crippen LogP contribution in [-0.4, -0.2) is 99.1 Å². The molecule has 11 nitrogen and oxygen atoms in total. The highest BCUT2D eigenvalue weighted by atomic mass is 32.1. The standard InChI is InChI=1S/C34H35NO10S/c36-21-8-13-24-25(18-21)46-32(20-6-11-23(12-7-20)44-34-30(40)28(38)29(39)31(45-34)33(41)42)26(24)27(37)19-4-9-22(10-5-19)43-17-16-35-14-2-1-3-15-35/h4-13,18,28-31,34,36,38-40H,1-3,14-17H2,(H,41,42)/t28-,29-,30+,31-,34+/m1/s1. The number of carboxylic acid groups (broad SMARTS) is 1. The molecular weight excluding hydrogens is 614 g/mol. The smallest absolute Gasteiger partial charge is 0.335 e. The second kappa shape index (κ2) is 13.8. The topological polar surface area (TPSA) is 166 Å². The predicted octanol–water partition coefficient (Wildman–Crippen LogP) is 3.64. The minimum atomic E-state index is -1.83. The van der Waals surface area contributed by atoms with Gasteiger partial charge >= 0.3 is 5.97 Å². The fraction of sp³-hybridized carbons (Fsp3) is 0.353. The van der Waals surface area contributed by atoms with Gasteiger partial charge in [0.05, 0.1) is 0 Å². The summed E-state index contributed by atoms with van der Waals surface area (Å²) in [4.78, 5) is 28.5. The second-order valence-electron chi connectivity index (χ2n) is 11.5. The first-order valence-corrected chi connectivity index (χ1v) is 16.0. The molecule has 1 aromatic heterocycles. The zero-order chi connectivity index (χ0) is 32.4. The molecule has 5 atom stereocenters. The fourth-order valence-corrected chi connectivity index (χ4v) is 7.04. The molecule has 4 aromatic rings. The number of aliphatic carboxylic acids is 1. The number of piperidine rings is 1. The third-order valence-corrected chi connectivity index (χ3v) is 9.53. The van der Waals surface area contributed by atoms with E-state index in [2.05, 4.69) is 4.90 Å². The summed E-state index contributed by atoms with van der Waals surface area (Å²) in [5.74, 6) is -0.744. The van der Waals surface area contributed by atoms with Crippen molar-refractivity contribution in [2.45, 2.75) is 50.0 Å². The number of hydrogen-bond donors (Lipinski definition) is 5. The van der Waals surface area contributed by atoms with E-state index in [9.17, 15) is 35.1 Å². The van der Waals surface area contributed by atoms with Crippen LogP contribution in [0.1, 0.15) is 35.2 Å². The van der Waals surface area contributed by atoms with Crippen molar-refractivity contribution in [3.63, 3.8) is 0 Å². The monoisotopic (exact) mass is 649 g/mol. The molecule has 2 fully saturated rings. The Bertz CT molecular complexity index is 1680. The van der Waals surface area contributed by atoms with E-state index in [0.717, 1.165) is 24.3 Å². The number of rotatable bonds is 10. The number of fused-ring (bicyclic) bond motifs is 1. The number of aromatic hydroxyl groups is 1. The Labute approximate surface area is 268 Å². The SMILES string of the molecule is O=C(c1ccc(OCCN2CCCCC2)cc1)c1c(-c2ccc(O[C@H]3O[C@@H](C(=O)O)[C@H](O)[C@@H](O)[C@@H]3O)cc2)sc2cc(O)ccc12. The minimum Gasteiger partial charge on any atom is -0.508 e. The van der Waals surface area contributed by atoms with Crippen LogP contribution in [0, 0.1) is 0 Å².